The van der Waals surface area contributed by atoms with E-state index in [-0.39, 0.29) is 24.5 Å². The highest BCUT2D eigenvalue weighted by Crippen LogP contribution is 2.26. The summed E-state index contributed by atoms with van der Waals surface area (Å²) in [5.41, 5.74) is 0.808. The smallest absolute Gasteiger partial charge is 0.241 e. The monoisotopic (exact) mass is 292 g/mol. The summed E-state index contributed by atoms with van der Waals surface area (Å²) >= 11 is 0. The number of aliphatic hydroxyl groups is 1. The molecule has 5 heteroatoms. The van der Waals surface area contributed by atoms with E-state index in [0.717, 1.165) is 30.7 Å². The Labute approximate surface area is 125 Å². The Hall–Kier alpha value is -1.75. The molecular formula is C16H24N2O3. The lowest BCUT2D eigenvalue weighted by atomic mass is 10.1. The van der Waals surface area contributed by atoms with Crippen LogP contribution in [0.25, 0.3) is 0 Å². The lowest BCUT2D eigenvalue weighted by molar-refractivity contribution is -0.128. The molecule has 0 saturated heterocycles. The van der Waals surface area contributed by atoms with Crippen LogP contribution in [0.1, 0.15) is 19.3 Å². The van der Waals surface area contributed by atoms with Crippen LogP contribution >= 0.6 is 0 Å². The minimum Gasteiger partial charge on any atom is -0.495 e. The Morgan fingerprint density at radius 1 is 1.43 bits per heavy atom. The first-order valence-corrected chi connectivity index (χ1v) is 7.40. The average Bonchev–Trinajstić information content (AvgIpc) is 2.90. The zero-order chi connectivity index (χ0) is 15.2. The Morgan fingerprint density at radius 2 is 2.19 bits per heavy atom. The number of carbonyl (C=O) groups is 1. The first-order chi connectivity index (χ1) is 10.1. The molecule has 0 spiro atoms. The molecule has 1 saturated carbocycles. The summed E-state index contributed by atoms with van der Waals surface area (Å²) in [6.07, 6.45) is 2.64. The van der Waals surface area contributed by atoms with Gasteiger partial charge >= 0.3 is 0 Å². The summed E-state index contributed by atoms with van der Waals surface area (Å²) < 4.78 is 5.24. The quantitative estimate of drug-likeness (QED) is 0.838. The lowest BCUT2D eigenvalue weighted by Gasteiger charge is -2.23. The molecule has 2 atom stereocenters. The number of anilines is 1. The van der Waals surface area contributed by atoms with Crippen molar-refractivity contribution in [3.05, 3.63) is 24.3 Å². The summed E-state index contributed by atoms with van der Waals surface area (Å²) in [5, 5.41) is 12.9. The molecule has 0 aromatic heterocycles. The van der Waals surface area contributed by atoms with Crippen molar-refractivity contribution < 1.29 is 14.6 Å². The number of likely N-dealkylation sites (N-methyl/N-ethyl adjacent to an activating group) is 1. The van der Waals surface area contributed by atoms with Gasteiger partial charge in [-0.05, 0) is 25.0 Å². The van der Waals surface area contributed by atoms with E-state index in [2.05, 4.69) is 5.32 Å². The van der Waals surface area contributed by atoms with Crippen LogP contribution in [0.2, 0.25) is 0 Å². The summed E-state index contributed by atoms with van der Waals surface area (Å²) in [6.45, 7) is 0.841. The fourth-order valence-electron chi connectivity index (χ4n) is 2.78. The molecule has 1 amide bonds. The molecule has 2 unspecified atom stereocenters. The predicted molar refractivity (Wildman–Crippen MR) is 82.5 cm³/mol. The van der Waals surface area contributed by atoms with Crippen molar-refractivity contribution in [1.29, 1.82) is 0 Å². The Bertz CT molecular complexity index is 478. The van der Waals surface area contributed by atoms with E-state index in [0.29, 0.717) is 6.54 Å². The minimum absolute atomic E-state index is 0.0139. The van der Waals surface area contributed by atoms with Crippen LogP contribution in [0, 0.1) is 5.92 Å². The zero-order valence-electron chi connectivity index (χ0n) is 12.7. The summed E-state index contributed by atoms with van der Waals surface area (Å²) in [7, 11) is 3.40. The third-order valence-electron chi connectivity index (χ3n) is 4.09. The van der Waals surface area contributed by atoms with Crippen molar-refractivity contribution in [2.24, 2.45) is 5.92 Å². The van der Waals surface area contributed by atoms with Gasteiger partial charge in [0.1, 0.15) is 5.75 Å². The summed E-state index contributed by atoms with van der Waals surface area (Å²) in [6, 6.07) is 7.52. The van der Waals surface area contributed by atoms with Gasteiger partial charge in [-0.2, -0.15) is 0 Å². The number of benzene rings is 1. The zero-order valence-corrected chi connectivity index (χ0v) is 12.7. The Balaban J connectivity index is 1.83. The number of methoxy groups -OCH3 is 1. The van der Waals surface area contributed by atoms with Crippen molar-refractivity contribution >= 4 is 11.6 Å². The lowest BCUT2D eigenvalue weighted by Crippen LogP contribution is -2.37. The van der Waals surface area contributed by atoms with Gasteiger partial charge in [0.15, 0.2) is 0 Å². The number of amides is 1. The molecule has 116 valence electrons. The van der Waals surface area contributed by atoms with Gasteiger partial charge in [-0.25, -0.2) is 0 Å². The molecule has 5 nitrogen and oxygen atoms in total. The second-order valence-electron chi connectivity index (χ2n) is 5.59. The average molecular weight is 292 g/mol. The van der Waals surface area contributed by atoms with Gasteiger partial charge in [-0.3, -0.25) is 4.79 Å². The number of hydrogen-bond acceptors (Lipinski definition) is 4. The number of para-hydroxylation sites is 2. The molecule has 1 aromatic rings. The van der Waals surface area contributed by atoms with E-state index in [1.54, 1.807) is 19.1 Å². The third-order valence-corrected chi connectivity index (χ3v) is 4.09. The summed E-state index contributed by atoms with van der Waals surface area (Å²) in [5.74, 6) is 0.949. The van der Waals surface area contributed by atoms with E-state index in [9.17, 15) is 9.90 Å². The first-order valence-electron chi connectivity index (χ1n) is 7.40. The Morgan fingerprint density at radius 3 is 2.86 bits per heavy atom. The van der Waals surface area contributed by atoms with Crippen LogP contribution in [0.5, 0.6) is 5.75 Å². The number of nitrogens with zero attached hydrogens (tertiary/aromatic N) is 1. The van der Waals surface area contributed by atoms with Crippen LogP contribution in [0.15, 0.2) is 24.3 Å². The van der Waals surface area contributed by atoms with Gasteiger partial charge < -0.3 is 20.1 Å². The van der Waals surface area contributed by atoms with Gasteiger partial charge in [0.05, 0.1) is 25.4 Å². The largest absolute Gasteiger partial charge is 0.495 e. The first kappa shape index (κ1) is 15.6. The van der Waals surface area contributed by atoms with Crippen molar-refractivity contribution in [2.45, 2.75) is 25.4 Å². The molecule has 1 aliphatic carbocycles. The minimum atomic E-state index is -0.262. The Kier molecular flexibility index (Phi) is 5.44. The predicted octanol–water partition coefficient (Wildman–Crippen LogP) is 1.73. The number of aliphatic hydroxyl groups excluding tert-OH is 1. The third kappa shape index (κ3) is 4.11. The SMILES string of the molecule is COc1ccccc1NCC(=O)N(C)CC1CCCC1O. The topological polar surface area (TPSA) is 61.8 Å². The van der Waals surface area contributed by atoms with Gasteiger partial charge in [-0.15, -0.1) is 0 Å². The van der Waals surface area contributed by atoms with Crippen molar-refractivity contribution in [3.63, 3.8) is 0 Å². The van der Waals surface area contributed by atoms with E-state index in [1.807, 2.05) is 24.3 Å². The number of hydrogen-bond donors (Lipinski definition) is 2. The highest BCUT2D eigenvalue weighted by molar-refractivity contribution is 5.81. The number of carbonyl (C=O) groups excluding carboxylic acids is 1. The van der Waals surface area contributed by atoms with Crippen LogP contribution in [0.4, 0.5) is 5.69 Å². The number of nitrogens with one attached hydrogen (secondary N) is 1. The maximum Gasteiger partial charge on any atom is 0.241 e. The molecule has 0 radical (unpaired) electrons. The molecule has 1 aromatic carbocycles. The maximum absolute atomic E-state index is 12.2. The highest BCUT2D eigenvalue weighted by atomic mass is 16.5. The van der Waals surface area contributed by atoms with Crippen LogP contribution in [0.3, 0.4) is 0 Å². The molecule has 2 rings (SSSR count). The van der Waals surface area contributed by atoms with Crippen molar-refractivity contribution in [2.75, 3.05) is 32.6 Å². The number of ether oxygens (including phenoxy) is 1. The van der Waals surface area contributed by atoms with Gasteiger partial charge in [0, 0.05) is 19.5 Å². The van der Waals surface area contributed by atoms with Gasteiger partial charge in [0.2, 0.25) is 5.91 Å². The molecule has 0 aliphatic heterocycles. The van der Waals surface area contributed by atoms with Gasteiger partial charge in [0.25, 0.3) is 0 Å². The van der Waals surface area contributed by atoms with Crippen molar-refractivity contribution in [3.8, 4) is 5.75 Å². The van der Waals surface area contributed by atoms with Crippen LogP contribution in [-0.4, -0.2) is 49.3 Å². The molecule has 0 bridgehead atoms. The fraction of sp³-hybridized carbons (Fsp3) is 0.562. The van der Waals surface area contributed by atoms with E-state index in [1.165, 1.54) is 0 Å². The number of rotatable bonds is 6. The molecule has 21 heavy (non-hydrogen) atoms. The molecule has 1 aliphatic rings. The molecule has 2 N–H and O–H groups in total. The second kappa shape index (κ2) is 7.31. The molecular weight excluding hydrogens is 268 g/mol. The fourth-order valence-corrected chi connectivity index (χ4v) is 2.78. The van der Waals surface area contributed by atoms with Gasteiger partial charge in [-0.1, -0.05) is 18.6 Å². The molecule has 0 heterocycles. The highest BCUT2D eigenvalue weighted by Gasteiger charge is 2.27. The van der Waals surface area contributed by atoms with E-state index >= 15 is 0 Å². The normalized spacial score (nSPS) is 21.1. The van der Waals surface area contributed by atoms with Crippen LogP contribution < -0.4 is 10.1 Å². The second-order valence-corrected chi connectivity index (χ2v) is 5.59. The maximum atomic E-state index is 12.2. The van der Waals surface area contributed by atoms with E-state index in [4.69, 9.17) is 4.74 Å². The van der Waals surface area contributed by atoms with Crippen molar-refractivity contribution in [1.82, 2.24) is 4.90 Å². The standard InChI is InChI=1S/C16H24N2O3/c1-18(11-12-6-5-8-14(12)19)16(20)10-17-13-7-3-4-9-15(13)21-2/h3-4,7,9,12,14,17,19H,5-6,8,10-11H2,1-2H3. The summed E-state index contributed by atoms with van der Waals surface area (Å²) in [4.78, 5) is 13.8. The van der Waals surface area contributed by atoms with E-state index < -0.39 is 0 Å². The molecule has 1 fully saturated rings. The van der Waals surface area contributed by atoms with Crippen LogP contribution in [-0.2, 0) is 4.79 Å².